The summed E-state index contributed by atoms with van der Waals surface area (Å²) < 4.78 is 25.2. The Morgan fingerprint density at radius 1 is 1.64 bits per heavy atom. The summed E-state index contributed by atoms with van der Waals surface area (Å²) in [7, 11) is 1.42. The lowest BCUT2D eigenvalue weighted by atomic mass is 10.0. The molecular weight excluding hydrogens is 173 g/mol. The van der Waals surface area contributed by atoms with E-state index >= 15 is 0 Å². The van der Waals surface area contributed by atoms with Crippen molar-refractivity contribution >= 4 is 15.2 Å². The molecule has 2 nitrogen and oxygen atoms in total. The number of carbonyl (C=O) groups is 1. The van der Waals surface area contributed by atoms with Gasteiger partial charge in [-0.05, 0) is 12.8 Å². The van der Waals surface area contributed by atoms with Gasteiger partial charge in [-0.25, -0.2) is 8.78 Å². The fourth-order valence-electron chi connectivity index (χ4n) is 1.07. The van der Waals surface area contributed by atoms with Gasteiger partial charge >= 0.3 is 5.97 Å². The molecule has 0 radical (unpaired) electrons. The van der Waals surface area contributed by atoms with E-state index in [0.717, 1.165) is 0 Å². The monoisotopic (exact) mass is 182 g/mol. The molecule has 0 amide bonds. The normalized spacial score (nSPS) is 21.4. The van der Waals surface area contributed by atoms with Crippen LogP contribution in [-0.2, 0) is 4.79 Å². The van der Waals surface area contributed by atoms with Gasteiger partial charge in [0, 0.05) is 5.41 Å². The van der Waals surface area contributed by atoms with E-state index in [2.05, 4.69) is 0 Å². The van der Waals surface area contributed by atoms with Crippen LogP contribution in [0.5, 0.6) is 0 Å². The number of alkyl halides is 2. The van der Waals surface area contributed by atoms with Crippen LogP contribution in [0.1, 0.15) is 19.3 Å². The van der Waals surface area contributed by atoms with Crippen molar-refractivity contribution in [2.75, 3.05) is 0 Å². The maximum absolute atomic E-state index is 12.6. The highest BCUT2D eigenvalue weighted by Gasteiger charge is 2.60. The lowest BCUT2D eigenvalue weighted by Crippen LogP contribution is -2.25. The van der Waals surface area contributed by atoms with Gasteiger partial charge in [0.25, 0.3) is 5.66 Å². The molecule has 0 aromatic carbocycles. The Morgan fingerprint density at radius 3 is 2.18 bits per heavy atom. The fraction of sp³-hybridized carbons (Fsp3) is 0.833. The molecule has 0 bridgehead atoms. The Bertz CT molecular complexity index is 184. The number of carboxylic acids is 1. The van der Waals surface area contributed by atoms with Gasteiger partial charge in [-0.3, -0.25) is 4.79 Å². The van der Waals surface area contributed by atoms with Gasteiger partial charge in [-0.15, -0.1) is 0 Å². The summed E-state index contributed by atoms with van der Waals surface area (Å²) in [5.41, 5.74) is -4.19. The summed E-state index contributed by atoms with van der Waals surface area (Å²) in [6.45, 7) is 0. The highest BCUT2D eigenvalue weighted by atomic mass is 31.0. The van der Waals surface area contributed by atoms with Crippen LogP contribution in [0.25, 0.3) is 0 Å². The molecule has 1 rings (SSSR count). The van der Waals surface area contributed by atoms with E-state index in [4.69, 9.17) is 5.11 Å². The third-order valence-electron chi connectivity index (χ3n) is 2.05. The minimum atomic E-state index is -2.93. The summed E-state index contributed by atoms with van der Waals surface area (Å²) in [4.78, 5) is 10.2. The van der Waals surface area contributed by atoms with Crippen molar-refractivity contribution in [3.63, 3.8) is 0 Å². The van der Waals surface area contributed by atoms with Crippen molar-refractivity contribution in [1.82, 2.24) is 0 Å². The van der Waals surface area contributed by atoms with Crippen molar-refractivity contribution < 1.29 is 18.7 Å². The van der Waals surface area contributed by atoms with Crippen LogP contribution < -0.4 is 0 Å². The van der Waals surface area contributed by atoms with E-state index in [1.165, 1.54) is 9.24 Å². The molecule has 1 unspecified atom stereocenters. The Morgan fingerprint density at radius 2 is 2.09 bits per heavy atom. The number of halogens is 2. The van der Waals surface area contributed by atoms with Gasteiger partial charge in [0.15, 0.2) is 0 Å². The number of hydrogen-bond donors (Lipinski definition) is 1. The highest BCUT2D eigenvalue weighted by molar-refractivity contribution is 7.18. The third kappa shape index (κ3) is 1.67. The molecule has 1 saturated carbocycles. The van der Waals surface area contributed by atoms with E-state index in [-0.39, 0.29) is 0 Å². The van der Waals surface area contributed by atoms with Crippen LogP contribution in [0.3, 0.4) is 0 Å². The minimum Gasteiger partial charge on any atom is -0.481 e. The fourth-order valence-corrected chi connectivity index (χ4v) is 1.46. The number of rotatable bonds is 3. The van der Waals surface area contributed by atoms with Crippen LogP contribution in [0, 0.1) is 5.41 Å². The largest absolute Gasteiger partial charge is 0.481 e. The Hall–Kier alpha value is -0.240. The predicted molar refractivity (Wildman–Crippen MR) is 38.6 cm³/mol. The molecule has 64 valence electrons. The molecule has 0 aromatic rings. The second-order valence-electron chi connectivity index (χ2n) is 2.97. The first-order valence-electron chi connectivity index (χ1n) is 3.26. The molecule has 1 atom stereocenters. The summed E-state index contributed by atoms with van der Waals surface area (Å²) >= 11 is 0. The van der Waals surface area contributed by atoms with Gasteiger partial charge in [-0.2, -0.15) is 0 Å². The van der Waals surface area contributed by atoms with E-state index in [1.807, 2.05) is 0 Å². The van der Waals surface area contributed by atoms with Gasteiger partial charge in [0.1, 0.15) is 0 Å². The average Bonchev–Trinajstić information content (AvgIpc) is 2.42. The Kier molecular flexibility index (Phi) is 1.91. The molecule has 0 spiro atoms. The maximum atomic E-state index is 12.6. The zero-order valence-electron chi connectivity index (χ0n) is 5.81. The summed E-state index contributed by atoms with van der Waals surface area (Å²) in [6.07, 6.45) is 0.203. The molecule has 11 heavy (non-hydrogen) atoms. The van der Waals surface area contributed by atoms with Crippen LogP contribution in [0.4, 0.5) is 8.78 Å². The molecular formula is C6H9F2O2P. The van der Waals surface area contributed by atoms with Crippen molar-refractivity contribution in [1.29, 1.82) is 0 Å². The zero-order chi connectivity index (χ0) is 8.70. The average molecular weight is 182 g/mol. The molecule has 0 aliphatic heterocycles. The van der Waals surface area contributed by atoms with Crippen LogP contribution in [-0.4, -0.2) is 16.7 Å². The van der Waals surface area contributed by atoms with E-state index in [0.29, 0.717) is 12.8 Å². The first-order chi connectivity index (χ1) is 4.87. The van der Waals surface area contributed by atoms with Crippen LogP contribution in [0.2, 0.25) is 0 Å². The van der Waals surface area contributed by atoms with Gasteiger partial charge < -0.3 is 5.11 Å². The molecule has 1 fully saturated rings. The quantitative estimate of drug-likeness (QED) is 0.674. The van der Waals surface area contributed by atoms with Gasteiger partial charge in [0.05, 0.1) is 6.42 Å². The zero-order valence-corrected chi connectivity index (χ0v) is 6.96. The van der Waals surface area contributed by atoms with E-state index in [1.54, 1.807) is 0 Å². The van der Waals surface area contributed by atoms with Crippen molar-refractivity contribution in [3.05, 3.63) is 0 Å². The van der Waals surface area contributed by atoms with E-state index < -0.39 is 23.5 Å². The molecule has 1 N–H and O–H groups in total. The molecule has 0 aromatic heterocycles. The summed E-state index contributed by atoms with van der Waals surface area (Å²) in [6, 6.07) is 0. The second-order valence-corrected chi connectivity index (χ2v) is 3.70. The highest BCUT2D eigenvalue weighted by Crippen LogP contribution is 2.61. The lowest BCUT2D eigenvalue weighted by Gasteiger charge is -2.20. The number of aliphatic carboxylic acids is 1. The van der Waals surface area contributed by atoms with Crippen molar-refractivity contribution in [2.24, 2.45) is 5.41 Å². The third-order valence-corrected chi connectivity index (χ3v) is 2.66. The predicted octanol–water partition coefficient (Wildman–Crippen LogP) is 1.71. The summed E-state index contributed by atoms with van der Waals surface area (Å²) in [5, 5.41) is 8.31. The number of hydrogen-bond acceptors (Lipinski definition) is 1. The lowest BCUT2D eigenvalue weighted by molar-refractivity contribution is -0.141. The van der Waals surface area contributed by atoms with Gasteiger partial charge in [0.2, 0.25) is 0 Å². The molecule has 1 aliphatic rings. The Labute approximate surface area is 65.2 Å². The first kappa shape index (κ1) is 8.85. The van der Waals surface area contributed by atoms with E-state index in [9.17, 15) is 13.6 Å². The molecule has 0 heterocycles. The van der Waals surface area contributed by atoms with Crippen molar-refractivity contribution in [3.8, 4) is 0 Å². The second kappa shape index (κ2) is 2.37. The maximum Gasteiger partial charge on any atom is 0.304 e. The molecule has 0 saturated heterocycles. The van der Waals surface area contributed by atoms with Gasteiger partial charge in [-0.1, -0.05) is 9.24 Å². The topological polar surface area (TPSA) is 37.3 Å². The summed E-state index contributed by atoms with van der Waals surface area (Å²) in [5.74, 6) is -1.15. The Balaban J connectivity index is 2.61. The minimum absolute atomic E-state index is 0.315. The van der Waals surface area contributed by atoms with Crippen molar-refractivity contribution in [2.45, 2.75) is 24.9 Å². The smallest absolute Gasteiger partial charge is 0.304 e. The SMILES string of the molecule is O=C(O)CC1(C(F)(F)P)CC1. The van der Waals surface area contributed by atoms with Crippen LogP contribution in [0.15, 0.2) is 0 Å². The molecule has 1 aliphatic carbocycles. The van der Waals surface area contributed by atoms with Crippen LogP contribution >= 0.6 is 9.24 Å². The molecule has 5 heteroatoms. The first-order valence-corrected chi connectivity index (χ1v) is 3.84. The number of carboxylic acid groups (broad SMARTS) is 1. The standard InChI is InChI=1S/C6H9F2O2P/c7-6(8,11)5(1-2-5)3-4(9)10/h1-3,11H2,(H,9,10).